The van der Waals surface area contributed by atoms with Crippen LogP contribution in [0.5, 0.6) is 11.5 Å². The van der Waals surface area contributed by atoms with Gasteiger partial charge in [-0.1, -0.05) is 140 Å². The van der Waals surface area contributed by atoms with Crippen LogP contribution < -0.4 is 30.7 Å². The van der Waals surface area contributed by atoms with Crippen molar-refractivity contribution in [2.45, 2.75) is 152 Å². The predicted octanol–water partition coefficient (Wildman–Crippen LogP) is 15.7. The highest BCUT2D eigenvalue weighted by molar-refractivity contribution is 7.89. The standard InChI is InChI=1S/C24H30F2N2O4S.C22H27Cl2N3O4S.C22H27ClFN3O3S.C21H24Cl2FN3O3S/c1-3-16-33(30,31)28-14-12-24(13-15-28,19-8-5-4-6-9-19)18(2)27-23(29)22-20(26)10-7-11-21(22)32-17-25;1-3-13-32(29,30)27-11-8-22(9-12-27,20-19(31-2)5-4-10-25-20)15-26-21(28)17-7-6-16(23)14-18(17)24;1-3-15-31(29,30)27-13-10-22(11-14-27,19-9-4-5-12-25-19)16(2)26-21(28)20-17(23)7-6-8-18(20)24;1-2-12-31(29,30)27-10-8-21(9-11-27,18-4-3-5-19(24)26-18)14-25-20(28)16-7-6-15(22)13-17(16)23/h4-11,18H,3,12-17H2,1-2H3,(H,27,29);4-7,10,14H,3,8-9,11-13,15H2,1-2H3,(H,26,28);4-9,12,16H,3,10-11,13-15H2,1-2H3,(H,26,28);3-7,13H,2,8-12,14H2,1H3,(H,25,28)/t18-;;16-;/m0.0./s1/i17D2,25-1;2-1;2*24-1. The van der Waals surface area contributed by atoms with Gasteiger partial charge in [-0.25, -0.2) is 69.0 Å². The first-order valence-electron chi connectivity index (χ1n) is 42.7. The number of nitrogens with zero attached hydrogens (tertiary/aromatic N) is 7. The number of alkyl halides is 1. The summed E-state index contributed by atoms with van der Waals surface area (Å²) in [5.41, 5.74) is 0.151. The molecule has 4 amide bonds. The summed E-state index contributed by atoms with van der Waals surface area (Å²) >= 11 is 30.2. The lowest BCUT2D eigenvalue weighted by Crippen LogP contribution is -2.55. The van der Waals surface area contributed by atoms with Crippen molar-refractivity contribution in [2.24, 2.45) is 0 Å². The van der Waals surface area contributed by atoms with Gasteiger partial charge in [0.25, 0.3) is 23.6 Å². The number of carbonyl (C=O) groups excluding carboxylic acids is 4. The zero-order valence-electron chi connectivity index (χ0n) is 73.5. The summed E-state index contributed by atoms with van der Waals surface area (Å²) in [6.07, 6.45) is 9.15. The summed E-state index contributed by atoms with van der Waals surface area (Å²) in [7, 11) is -11.8. The maximum atomic E-state index is 14.6. The molecule has 0 spiro atoms. The smallest absolute Gasteiger partial charge is 0.258 e. The Morgan fingerprint density at radius 1 is 0.457 bits per heavy atom. The van der Waals surface area contributed by atoms with E-state index in [0.29, 0.717) is 136 Å². The molecule has 38 heteroatoms. The van der Waals surface area contributed by atoms with Crippen molar-refractivity contribution in [3.63, 3.8) is 0 Å². The average Bonchev–Trinajstić information content (AvgIpc) is 0.775. The lowest BCUT2D eigenvalue weighted by Gasteiger charge is -2.45. The number of methoxy groups -OCH3 is 1. The summed E-state index contributed by atoms with van der Waals surface area (Å²) in [6.45, 7) is 10.2. The quantitative estimate of drug-likeness (QED) is 0.0232. The molecule has 690 valence electrons. The molecular weight excluding hydrogens is 1820 g/mol. The summed E-state index contributed by atoms with van der Waals surface area (Å²) in [5, 5.41) is 12.9. The maximum Gasteiger partial charge on any atom is 0.258 e. The first-order valence-corrected chi connectivity index (χ1v) is 50.0. The number of aromatic nitrogens is 3. The monoisotopic (exact) mass is 1930 g/mol. The number of rotatable bonds is 31. The number of hydrogen-bond donors (Lipinski definition) is 4. The fourth-order valence-electron chi connectivity index (χ4n) is 16.7. The molecule has 0 radical (unpaired) electrons. The molecule has 12 rings (SSSR count). The van der Waals surface area contributed by atoms with Gasteiger partial charge in [0, 0.05) is 127 Å². The second kappa shape index (κ2) is 46.1. The minimum atomic E-state index is -3.60. The van der Waals surface area contributed by atoms with Crippen LogP contribution in [0.3, 0.4) is 0 Å². The van der Waals surface area contributed by atoms with Gasteiger partial charge in [0.1, 0.15) is 31.4 Å². The third-order valence-corrected chi connectivity index (χ3v) is 33.4. The van der Waals surface area contributed by atoms with Crippen LogP contribution in [0.25, 0.3) is 0 Å². The van der Waals surface area contributed by atoms with E-state index in [1.165, 1.54) is 65.8 Å². The van der Waals surface area contributed by atoms with Crippen molar-refractivity contribution >= 4 is 122 Å². The van der Waals surface area contributed by atoms with Gasteiger partial charge in [0.15, 0.2) is 0 Å². The topological polar surface area (TPSA) is 323 Å². The first-order chi connectivity index (χ1) is 61.0. The first kappa shape index (κ1) is 99.4. The van der Waals surface area contributed by atoms with E-state index in [1.54, 1.807) is 68.9 Å². The molecule has 0 aliphatic carbocycles. The molecule has 3 aromatic heterocycles. The number of carbonyl (C=O) groups is 4. The highest BCUT2D eigenvalue weighted by atomic mass is 35.5. The maximum absolute atomic E-state index is 14.6. The lowest BCUT2D eigenvalue weighted by atomic mass is 9.68. The van der Waals surface area contributed by atoms with Crippen LogP contribution in [0.4, 0.5) is 17.6 Å². The Morgan fingerprint density at radius 2 is 0.866 bits per heavy atom. The second-order valence-electron chi connectivity index (χ2n) is 31.6. The van der Waals surface area contributed by atoms with Crippen LogP contribution in [0.15, 0.2) is 164 Å². The largest absolute Gasteiger partial charge is 0.495 e. The Labute approximate surface area is 770 Å². The van der Waals surface area contributed by atoms with Crippen LogP contribution in [-0.2, 0) is 61.8 Å². The van der Waals surface area contributed by atoms with E-state index in [-0.39, 0.29) is 94.4 Å². The molecule has 4 aliphatic heterocycles. The fraction of sp³-hybridized carbons (Fsp3) is 0.449. The molecule has 4 saturated heterocycles. The third-order valence-electron chi connectivity index (χ3n) is 23.7. The SMILES string of the molecule is CCCS(=O)(=O)N1CCC(CNC(=O)c2ccc(Cl)cc2Cl)(c2cccc([18F])n2)CC1.CCCS(=O)(=O)N1CCC(CNC(=O)c2ccc(Cl)cc2Cl)(c2ncccc2O[11CH3])CC1.CCCS(=O)(=O)N1CCC(c2ccccn2)([C@H](C)NC(=O)c2c([18F])cccc2Cl)CC1.[2H]C([2H])([18F])Oc1cccc(F)c1C(=O)N[C@@H](C)C1(c2ccccc2)CCN(S(=O)(=O)CCC)CC1. The summed E-state index contributed by atoms with van der Waals surface area (Å²) in [6, 6.07) is 38.8. The normalized spacial score (nSPS) is 17.4. The minimum absolute atomic E-state index is 0.0389. The number of sulfonamides is 4. The highest BCUT2D eigenvalue weighted by Crippen LogP contribution is 2.44. The van der Waals surface area contributed by atoms with Crippen molar-refractivity contribution < 1.29 is 82.6 Å². The molecule has 5 aromatic carbocycles. The van der Waals surface area contributed by atoms with E-state index in [4.69, 9.17) is 65.5 Å². The number of halogens is 9. The Balaban J connectivity index is 0.000000194. The molecule has 0 saturated carbocycles. The van der Waals surface area contributed by atoms with Gasteiger partial charge < -0.3 is 30.7 Å². The summed E-state index contributed by atoms with van der Waals surface area (Å²) < 4.78 is 186. The predicted molar refractivity (Wildman–Crippen MR) is 488 cm³/mol. The second-order valence-corrected chi connectivity index (χ2v) is 42.1. The molecule has 4 fully saturated rings. The van der Waals surface area contributed by atoms with Crippen LogP contribution in [0, 0.1) is 17.6 Å². The van der Waals surface area contributed by atoms with Gasteiger partial charge in [-0.05, 0) is 194 Å². The van der Waals surface area contributed by atoms with Gasteiger partial charge in [-0.15, -0.1) is 0 Å². The van der Waals surface area contributed by atoms with E-state index in [9.17, 15) is 70.4 Å². The summed E-state index contributed by atoms with van der Waals surface area (Å²) in [5.74, 6) is -4.06. The van der Waals surface area contributed by atoms with Gasteiger partial charge in [0.05, 0.1) is 73.3 Å². The van der Waals surface area contributed by atoms with Gasteiger partial charge in [-0.2, -0.15) is 4.39 Å². The van der Waals surface area contributed by atoms with E-state index in [0.717, 1.165) is 23.4 Å². The Bertz CT molecular complexity index is 5650. The van der Waals surface area contributed by atoms with E-state index >= 15 is 0 Å². The fourth-order valence-corrected chi connectivity index (χ4v) is 24.0. The molecule has 4 aliphatic rings. The molecule has 0 unspecified atom stereocenters. The average molecular weight is 1940 g/mol. The minimum Gasteiger partial charge on any atom is -0.495 e. The molecule has 4 N–H and O–H groups in total. The number of nitrogens with one attached hydrogen (secondary N) is 4. The van der Waals surface area contributed by atoms with E-state index < -0.39 is 127 Å². The van der Waals surface area contributed by atoms with Crippen molar-refractivity contribution in [3.05, 3.63) is 252 Å². The highest BCUT2D eigenvalue weighted by Gasteiger charge is 2.48. The molecular formula is C89H108Cl5F4N11O14S4. The molecule has 25 nitrogen and oxygen atoms in total. The van der Waals surface area contributed by atoms with Gasteiger partial charge in [-0.3, -0.25) is 29.1 Å². The number of piperidine rings is 4. The van der Waals surface area contributed by atoms with E-state index in [2.05, 4.69) is 41.0 Å². The number of pyridine rings is 3. The van der Waals surface area contributed by atoms with Crippen LogP contribution >= 0.6 is 58.0 Å². The Morgan fingerprint density at radius 3 is 1.31 bits per heavy atom. The molecule has 8 aromatic rings. The number of amides is 4. The van der Waals surface area contributed by atoms with Crippen molar-refractivity contribution in [1.29, 1.82) is 0 Å². The van der Waals surface area contributed by atoms with Crippen molar-refractivity contribution in [2.75, 3.05) is 102 Å². The number of hydrogen-bond acceptors (Lipinski definition) is 17. The van der Waals surface area contributed by atoms with Crippen molar-refractivity contribution in [1.82, 2.24) is 53.4 Å². The zero-order chi connectivity index (χ0) is 94.5. The third kappa shape index (κ3) is 25.7. The molecule has 127 heavy (non-hydrogen) atoms. The van der Waals surface area contributed by atoms with Crippen LogP contribution in [0.2, 0.25) is 25.1 Å². The number of ether oxygens (including phenoxy) is 2. The Hall–Kier alpha value is -8.16. The van der Waals surface area contributed by atoms with Crippen molar-refractivity contribution in [3.8, 4) is 11.5 Å². The van der Waals surface area contributed by atoms with Gasteiger partial charge in [0.2, 0.25) is 52.9 Å². The number of benzene rings is 5. The van der Waals surface area contributed by atoms with Gasteiger partial charge >= 0.3 is 0 Å². The summed E-state index contributed by atoms with van der Waals surface area (Å²) in [4.78, 5) is 64.7. The Kier molecular flexibility index (Phi) is 36.1. The molecule has 0 bridgehead atoms. The van der Waals surface area contributed by atoms with E-state index in [1.807, 2.05) is 83.1 Å². The van der Waals surface area contributed by atoms with Crippen LogP contribution in [0.1, 0.15) is 185 Å². The van der Waals surface area contributed by atoms with Crippen LogP contribution in [-0.4, -0.2) is 204 Å². The molecule has 2 atom stereocenters. The lowest BCUT2D eigenvalue weighted by molar-refractivity contribution is 0.0877. The molecule has 7 heterocycles. The zero-order valence-corrected chi connectivity index (χ0v) is 78.6.